The van der Waals surface area contributed by atoms with E-state index in [4.69, 9.17) is 4.74 Å². The van der Waals surface area contributed by atoms with Gasteiger partial charge in [-0.2, -0.15) is 0 Å². The third-order valence-corrected chi connectivity index (χ3v) is 6.86. The van der Waals surface area contributed by atoms with Crippen LogP contribution in [0.25, 0.3) is 0 Å². The second-order valence-electron chi connectivity index (χ2n) is 6.07. The largest absolute Gasteiger partial charge is 0.497 e. The Morgan fingerprint density at radius 3 is 2.44 bits per heavy atom. The SMILES string of the molecule is COc1ccc(S(=O)(=O)N[C@H]2CCCC[C@@H]2N2C(=O)CSC2=O)cc1. The molecule has 0 spiro atoms. The maximum atomic E-state index is 12.7. The number of imide groups is 1. The van der Waals surface area contributed by atoms with Crippen molar-refractivity contribution in [2.75, 3.05) is 12.9 Å². The van der Waals surface area contributed by atoms with Crippen LogP contribution in [0.15, 0.2) is 29.2 Å². The molecular weight excluding hydrogens is 364 g/mol. The Kier molecular flexibility index (Phi) is 5.35. The molecule has 9 heteroatoms. The van der Waals surface area contributed by atoms with E-state index in [0.29, 0.717) is 18.6 Å². The number of carbonyl (C=O) groups is 2. The number of benzene rings is 1. The van der Waals surface area contributed by atoms with Crippen LogP contribution in [0.5, 0.6) is 5.75 Å². The van der Waals surface area contributed by atoms with E-state index in [9.17, 15) is 18.0 Å². The fourth-order valence-corrected chi connectivity index (χ4v) is 5.33. The van der Waals surface area contributed by atoms with E-state index in [2.05, 4.69) is 4.72 Å². The molecule has 1 saturated carbocycles. The van der Waals surface area contributed by atoms with Crippen LogP contribution in [0.1, 0.15) is 25.7 Å². The monoisotopic (exact) mass is 384 g/mol. The summed E-state index contributed by atoms with van der Waals surface area (Å²) in [5, 5.41) is -0.287. The number of methoxy groups -OCH3 is 1. The zero-order valence-corrected chi connectivity index (χ0v) is 15.4. The first-order valence-electron chi connectivity index (χ1n) is 8.07. The van der Waals surface area contributed by atoms with Crippen molar-refractivity contribution >= 4 is 32.9 Å². The summed E-state index contributed by atoms with van der Waals surface area (Å²) in [6.45, 7) is 0. The first-order chi connectivity index (χ1) is 11.9. The third-order valence-electron chi connectivity index (χ3n) is 4.52. The molecular formula is C16H20N2O5S2. The molecule has 2 atom stereocenters. The maximum absolute atomic E-state index is 12.7. The Hall–Kier alpha value is -1.58. The molecule has 2 amide bonds. The number of hydrogen-bond donors (Lipinski definition) is 1. The molecule has 0 unspecified atom stereocenters. The number of nitrogens with zero attached hydrogens (tertiary/aromatic N) is 1. The molecule has 0 bridgehead atoms. The standard InChI is InChI=1S/C16H20N2O5S2/c1-23-11-6-8-12(9-7-11)25(21,22)17-13-4-2-3-5-14(13)18-15(19)10-24-16(18)20/h6-9,13-14,17H,2-5,10H2,1H3/t13-,14-/m0/s1. The molecule has 136 valence electrons. The molecule has 3 rings (SSSR count). The molecule has 1 aliphatic heterocycles. The lowest BCUT2D eigenvalue weighted by atomic mass is 9.90. The molecule has 2 aliphatic rings. The summed E-state index contributed by atoms with van der Waals surface area (Å²) in [4.78, 5) is 25.4. The number of rotatable bonds is 5. The molecule has 1 heterocycles. The molecule has 7 nitrogen and oxygen atoms in total. The lowest BCUT2D eigenvalue weighted by molar-refractivity contribution is -0.127. The summed E-state index contributed by atoms with van der Waals surface area (Å²) in [5.74, 6) is 0.461. The molecule has 1 N–H and O–H groups in total. The highest BCUT2D eigenvalue weighted by atomic mass is 32.2. The number of thioether (sulfide) groups is 1. The Balaban J connectivity index is 1.80. The van der Waals surface area contributed by atoms with Gasteiger partial charge in [0.05, 0.1) is 23.8 Å². The summed E-state index contributed by atoms with van der Waals surface area (Å²) in [6, 6.07) is 5.22. The van der Waals surface area contributed by atoms with Crippen LogP contribution in [0.2, 0.25) is 0 Å². The molecule has 1 aliphatic carbocycles. The van der Waals surface area contributed by atoms with Gasteiger partial charge in [0, 0.05) is 6.04 Å². The number of nitrogens with one attached hydrogen (secondary N) is 1. The van der Waals surface area contributed by atoms with E-state index in [-0.39, 0.29) is 21.8 Å². The summed E-state index contributed by atoms with van der Waals surface area (Å²) in [7, 11) is -2.23. The highest BCUT2D eigenvalue weighted by Crippen LogP contribution is 2.31. The van der Waals surface area contributed by atoms with Gasteiger partial charge in [0.25, 0.3) is 5.24 Å². The average Bonchev–Trinajstić information content (AvgIpc) is 2.94. The Morgan fingerprint density at radius 1 is 1.16 bits per heavy atom. The number of hydrogen-bond acceptors (Lipinski definition) is 6. The Morgan fingerprint density at radius 2 is 1.84 bits per heavy atom. The van der Waals surface area contributed by atoms with Gasteiger partial charge in [0.15, 0.2) is 0 Å². The first-order valence-corrected chi connectivity index (χ1v) is 10.5. The molecule has 1 aromatic rings. The molecule has 0 aromatic heterocycles. The predicted octanol–water partition coefficient (Wildman–Crippen LogP) is 1.98. The molecule has 2 fully saturated rings. The van der Waals surface area contributed by atoms with Crippen molar-refractivity contribution < 1.29 is 22.7 Å². The van der Waals surface area contributed by atoms with Crippen molar-refractivity contribution in [2.45, 2.75) is 42.7 Å². The minimum absolute atomic E-state index is 0.131. The van der Waals surface area contributed by atoms with E-state index >= 15 is 0 Å². The zero-order valence-electron chi connectivity index (χ0n) is 13.8. The zero-order chi connectivity index (χ0) is 18.0. The van der Waals surface area contributed by atoms with Crippen LogP contribution in [0.3, 0.4) is 0 Å². The summed E-state index contributed by atoms with van der Waals surface area (Å²) in [5.41, 5.74) is 0. The van der Waals surface area contributed by atoms with Gasteiger partial charge in [0.2, 0.25) is 15.9 Å². The normalized spacial score (nSPS) is 24.6. The lowest BCUT2D eigenvalue weighted by Crippen LogP contribution is -2.54. The van der Waals surface area contributed by atoms with Gasteiger partial charge in [-0.1, -0.05) is 24.6 Å². The van der Waals surface area contributed by atoms with E-state index in [0.717, 1.165) is 24.6 Å². The van der Waals surface area contributed by atoms with Gasteiger partial charge in [0.1, 0.15) is 5.75 Å². The summed E-state index contributed by atoms with van der Waals surface area (Å²) >= 11 is 0.974. The molecule has 25 heavy (non-hydrogen) atoms. The lowest BCUT2D eigenvalue weighted by Gasteiger charge is -2.36. The van der Waals surface area contributed by atoms with Crippen molar-refractivity contribution in [3.05, 3.63) is 24.3 Å². The Bertz CT molecular complexity index is 747. The van der Waals surface area contributed by atoms with Gasteiger partial charge in [-0.25, -0.2) is 13.1 Å². The van der Waals surface area contributed by atoms with E-state index in [1.165, 1.54) is 24.1 Å². The third kappa shape index (κ3) is 3.83. The van der Waals surface area contributed by atoms with E-state index in [1.807, 2.05) is 0 Å². The van der Waals surface area contributed by atoms with Crippen molar-refractivity contribution in [1.29, 1.82) is 0 Å². The fourth-order valence-electron chi connectivity index (χ4n) is 3.26. The van der Waals surface area contributed by atoms with Crippen molar-refractivity contribution in [3.8, 4) is 5.75 Å². The smallest absolute Gasteiger partial charge is 0.289 e. The van der Waals surface area contributed by atoms with Gasteiger partial charge < -0.3 is 4.74 Å². The van der Waals surface area contributed by atoms with Gasteiger partial charge in [-0.3, -0.25) is 14.5 Å². The molecule has 0 radical (unpaired) electrons. The molecule has 1 saturated heterocycles. The van der Waals surface area contributed by atoms with Crippen LogP contribution in [0, 0.1) is 0 Å². The van der Waals surface area contributed by atoms with Crippen molar-refractivity contribution in [1.82, 2.24) is 9.62 Å². The van der Waals surface area contributed by atoms with E-state index < -0.39 is 22.1 Å². The van der Waals surface area contributed by atoms with Crippen molar-refractivity contribution in [2.24, 2.45) is 0 Å². The van der Waals surface area contributed by atoms with Crippen LogP contribution in [0.4, 0.5) is 4.79 Å². The number of carbonyl (C=O) groups excluding carboxylic acids is 2. The van der Waals surface area contributed by atoms with Gasteiger partial charge in [-0.05, 0) is 37.1 Å². The predicted molar refractivity (Wildman–Crippen MR) is 94.1 cm³/mol. The molecule has 1 aromatic carbocycles. The minimum Gasteiger partial charge on any atom is -0.497 e. The van der Waals surface area contributed by atoms with Crippen LogP contribution in [-0.2, 0) is 14.8 Å². The maximum Gasteiger partial charge on any atom is 0.289 e. The highest BCUT2D eigenvalue weighted by molar-refractivity contribution is 8.14. The fraction of sp³-hybridized carbons (Fsp3) is 0.500. The second-order valence-corrected chi connectivity index (χ2v) is 8.71. The average molecular weight is 384 g/mol. The second kappa shape index (κ2) is 7.35. The Labute approximate surface area is 151 Å². The number of ether oxygens (including phenoxy) is 1. The van der Waals surface area contributed by atoms with E-state index in [1.54, 1.807) is 12.1 Å². The number of sulfonamides is 1. The van der Waals surface area contributed by atoms with Crippen LogP contribution in [-0.4, -0.2) is 49.4 Å². The van der Waals surface area contributed by atoms with Gasteiger partial charge >= 0.3 is 0 Å². The van der Waals surface area contributed by atoms with Crippen LogP contribution < -0.4 is 9.46 Å². The van der Waals surface area contributed by atoms with Crippen LogP contribution >= 0.6 is 11.8 Å². The van der Waals surface area contributed by atoms with Crippen molar-refractivity contribution in [3.63, 3.8) is 0 Å². The highest BCUT2D eigenvalue weighted by Gasteiger charge is 2.41. The topological polar surface area (TPSA) is 92.8 Å². The van der Waals surface area contributed by atoms with Gasteiger partial charge in [-0.15, -0.1) is 0 Å². The first kappa shape index (κ1) is 18.2. The number of amides is 2. The summed E-state index contributed by atoms with van der Waals surface area (Å²) in [6.07, 6.45) is 2.94. The summed E-state index contributed by atoms with van der Waals surface area (Å²) < 4.78 is 33.1. The quantitative estimate of drug-likeness (QED) is 0.834. The minimum atomic E-state index is -3.74.